The van der Waals surface area contributed by atoms with Gasteiger partial charge in [-0.3, -0.25) is 0 Å². The van der Waals surface area contributed by atoms with Gasteiger partial charge in [0.05, 0.1) is 13.3 Å². The number of methoxy groups -OCH3 is 1. The first-order valence-electron chi connectivity index (χ1n) is 7.95. The lowest BCUT2D eigenvalue weighted by Gasteiger charge is -2.11. The Morgan fingerprint density at radius 1 is 1.00 bits per heavy atom. The quantitative estimate of drug-likeness (QED) is 0.648. The van der Waals surface area contributed by atoms with Crippen molar-refractivity contribution in [3.63, 3.8) is 0 Å². The van der Waals surface area contributed by atoms with E-state index >= 15 is 0 Å². The number of nitrogens with zero attached hydrogens (tertiary/aromatic N) is 4. The van der Waals surface area contributed by atoms with Crippen molar-refractivity contribution in [2.45, 2.75) is 20.5 Å². The molecule has 0 radical (unpaired) electrons. The Morgan fingerprint density at radius 3 is 2.40 bits per heavy atom. The predicted molar refractivity (Wildman–Crippen MR) is 96.3 cm³/mol. The molecule has 25 heavy (non-hydrogen) atoms. The van der Waals surface area contributed by atoms with Gasteiger partial charge in [0.1, 0.15) is 6.61 Å². The maximum Gasteiger partial charge on any atom is 0.161 e. The standard InChI is InChI=1S/C19H20N4O2/c1-14-21-22-15(2)23(14)20-12-17-9-10-18(19(11-17)24-3)25-13-16-7-5-4-6-8-16/h4-12H,13H2,1-3H3/b20-12+. The Balaban J connectivity index is 1.75. The summed E-state index contributed by atoms with van der Waals surface area (Å²) in [5.74, 6) is 2.84. The molecular weight excluding hydrogens is 316 g/mol. The van der Waals surface area contributed by atoms with E-state index in [1.807, 2.05) is 62.4 Å². The highest BCUT2D eigenvalue weighted by Crippen LogP contribution is 2.28. The number of aromatic nitrogens is 3. The molecule has 0 atom stereocenters. The number of aryl methyl sites for hydroxylation is 2. The van der Waals surface area contributed by atoms with Crippen LogP contribution in [0.4, 0.5) is 0 Å². The van der Waals surface area contributed by atoms with Crippen molar-refractivity contribution in [3.05, 3.63) is 71.3 Å². The predicted octanol–water partition coefficient (Wildman–Crippen LogP) is 3.36. The number of benzene rings is 2. The Hall–Kier alpha value is -3.15. The molecule has 3 aromatic rings. The van der Waals surface area contributed by atoms with Gasteiger partial charge >= 0.3 is 0 Å². The molecule has 2 aromatic carbocycles. The van der Waals surface area contributed by atoms with Gasteiger partial charge in [-0.05, 0) is 43.2 Å². The molecule has 0 saturated carbocycles. The minimum Gasteiger partial charge on any atom is -0.493 e. The van der Waals surface area contributed by atoms with E-state index < -0.39 is 0 Å². The van der Waals surface area contributed by atoms with Gasteiger partial charge in [0.25, 0.3) is 0 Å². The first-order chi connectivity index (χ1) is 12.2. The van der Waals surface area contributed by atoms with E-state index in [2.05, 4.69) is 15.3 Å². The zero-order chi connectivity index (χ0) is 17.6. The van der Waals surface area contributed by atoms with Crippen LogP contribution >= 0.6 is 0 Å². The number of hydrogen-bond donors (Lipinski definition) is 0. The summed E-state index contributed by atoms with van der Waals surface area (Å²) in [4.78, 5) is 0. The highest BCUT2D eigenvalue weighted by molar-refractivity contribution is 5.80. The molecule has 128 valence electrons. The number of hydrogen-bond acceptors (Lipinski definition) is 5. The molecule has 0 spiro atoms. The maximum absolute atomic E-state index is 5.86. The number of rotatable bonds is 6. The largest absolute Gasteiger partial charge is 0.493 e. The highest BCUT2D eigenvalue weighted by atomic mass is 16.5. The summed E-state index contributed by atoms with van der Waals surface area (Å²) in [5, 5.41) is 12.4. The van der Waals surface area contributed by atoms with Crippen LogP contribution in [-0.2, 0) is 6.61 Å². The lowest BCUT2D eigenvalue weighted by molar-refractivity contribution is 0.284. The second-order valence-electron chi connectivity index (χ2n) is 5.54. The first-order valence-corrected chi connectivity index (χ1v) is 7.95. The van der Waals surface area contributed by atoms with E-state index in [0.29, 0.717) is 18.1 Å². The fourth-order valence-electron chi connectivity index (χ4n) is 2.37. The molecule has 0 N–H and O–H groups in total. The van der Waals surface area contributed by atoms with E-state index in [0.717, 1.165) is 22.8 Å². The van der Waals surface area contributed by atoms with Crippen molar-refractivity contribution in [1.29, 1.82) is 0 Å². The topological polar surface area (TPSA) is 61.5 Å². The lowest BCUT2D eigenvalue weighted by Crippen LogP contribution is -1.99. The first kappa shape index (κ1) is 16.7. The van der Waals surface area contributed by atoms with Gasteiger partial charge in [0.2, 0.25) is 0 Å². The molecule has 0 bridgehead atoms. The third kappa shape index (κ3) is 4.03. The molecule has 6 heteroatoms. The van der Waals surface area contributed by atoms with E-state index in [1.54, 1.807) is 18.0 Å². The second-order valence-corrected chi connectivity index (χ2v) is 5.54. The third-order valence-corrected chi connectivity index (χ3v) is 3.70. The molecule has 0 aliphatic rings. The molecule has 1 aromatic heterocycles. The van der Waals surface area contributed by atoms with Crippen LogP contribution in [0.5, 0.6) is 11.5 Å². The molecule has 3 rings (SSSR count). The average Bonchev–Trinajstić information content (AvgIpc) is 2.97. The Labute approximate surface area is 146 Å². The van der Waals surface area contributed by atoms with Crippen molar-refractivity contribution in [3.8, 4) is 11.5 Å². The lowest BCUT2D eigenvalue weighted by atomic mass is 10.2. The zero-order valence-electron chi connectivity index (χ0n) is 14.5. The van der Waals surface area contributed by atoms with E-state index in [-0.39, 0.29) is 0 Å². The van der Waals surface area contributed by atoms with Crippen LogP contribution in [0.25, 0.3) is 0 Å². The summed E-state index contributed by atoms with van der Waals surface area (Å²) in [6, 6.07) is 15.7. The highest BCUT2D eigenvalue weighted by Gasteiger charge is 2.06. The van der Waals surface area contributed by atoms with Gasteiger partial charge in [0, 0.05) is 0 Å². The van der Waals surface area contributed by atoms with Gasteiger partial charge in [-0.25, -0.2) is 4.68 Å². The van der Waals surface area contributed by atoms with Gasteiger partial charge in [-0.1, -0.05) is 30.3 Å². The fourth-order valence-corrected chi connectivity index (χ4v) is 2.37. The number of ether oxygens (including phenoxy) is 2. The summed E-state index contributed by atoms with van der Waals surface area (Å²) in [5.41, 5.74) is 2.00. The van der Waals surface area contributed by atoms with Gasteiger partial charge in [0.15, 0.2) is 23.1 Å². The molecule has 0 amide bonds. The summed E-state index contributed by atoms with van der Waals surface area (Å²) in [7, 11) is 1.62. The SMILES string of the molecule is COc1cc(/C=N/n2c(C)nnc2C)ccc1OCc1ccccc1. The normalized spacial score (nSPS) is 11.0. The zero-order valence-corrected chi connectivity index (χ0v) is 14.5. The molecule has 0 unspecified atom stereocenters. The fraction of sp³-hybridized carbons (Fsp3) is 0.211. The van der Waals surface area contributed by atoms with Crippen LogP contribution in [0, 0.1) is 13.8 Å². The Bertz CT molecular complexity index is 853. The molecule has 0 fully saturated rings. The third-order valence-electron chi connectivity index (χ3n) is 3.70. The van der Waals surface area contributed by atoms with Crippen LogP contribution in [0.2, 0.25) is 0 Å². The van der Waals surface area contributed by atoms with Gasteiger partial charge < -0.3 is 9.47 Å². The summed E-state index contributed by atoms with van der Waals surface area (Å²) < 4.78 is 13.0. The summed E-state index contributed by atoms with van der Waals surface area (Å²) in [6.45, 7) is 4.21. The Kier molecular flexibility index (Phi) is 5.09. The summed E-state index contributed by atoms with van der Waals surface area (Å²) >= 11 is 0. The summed E-state index contributed by atoms with van der Waals surface area (Å²) in [6.07, 6.45) is 1.74. The molecule has 0 aliphatic heterocycles. The second kappa shape index (κ2) is 7.61. The van der Waals surface area contributed by atoms with E-state index in [9.17, 15) is 0 Å². The molecule has 1 heterocycles. The molecule has 0 aliphatic carbocycles. The van der Waals surface area contributed by atoms with Crippen molar-refractivity contribution >= 4 is 6.21 Å². The minimum atomic E-state index is 0.490. The van der Waals surface area contributed by atoms with Gasteiger partial charge in [-0.15, -0.1) is 10.2 Å². The molecular formula is C19H20N4O2. The van der Waals surface area contributed by atoms with Crippen LogP contribution in [-0.4, -0.2) is 28.2 Å². The van der Waals surface area contributed by atoms with Crippen LogP contribution in [0.15, 0.2) is 53.6 Å². The molecule has 6 nitrogen and oxygen atoms in total. The van der Waals surface area contributed by atoms with E-state index in [1.165, 1.54) is 0 Å². The van der Waals surface area contributed by atoms with Gasteiger partial charge in [-0.2, -0.15) is 5.10 Å². The minimum absolute atomic E-state index is 0.490. The van der Waals surface area contributed by atoms with Crippen molar-refractivity contribution in [2.75, 3.05) is 7.11 Å². The molecule has 0 saturated heterocycles. The maximum atomic E-state index is 5.86. The van der Waals surface area contributed by atoms with Crippen molar-refractivity contribution < 1.29 is 9.47 Å². The van der Waals surface area contributed by atoms with Crippen LogP contribution < -0.4 is 9.47 Å². The van der Waals surface area contributed by atoms with Crippen LogP contribution in [0.3, 0.4) is 0 Å². The monoisotopic (exact) mass is 336 g/mol. The van der Waals surface area contributed by atoms with Crippen molar-refractivity contribution in [1.82, 2.24) is 14.9 Å². The van der Waals surface area contributed by atoms with Crippen LogP contribution in [0.1, 0.15) is 22.8 Å². The van der Waals surface area contributed by atoms with E-state index in [4.69, 9.17) is 9.47 Å². The smallest absolute Gasteiger partial charge is 0.161 e. The Morgan fingerprint density at radius 2 is 1.72 bits per heavy atom. The average molecular weight is 336 g/mol. The van der Waals surface area contributed by atoms with Crippen molar-refractivity contribution in [2.24, 2.45) is 5.10 Å².